The number of likely N-dealkylation sites (tertiary alicyclic amines) is 1. The lowest BCUT2D eigenvalue weighted by atomic mass is 9.98. The van der Waals surface area contributed by atoms with Crippen LogP contribution in [0, 0.1) is 0 Å². The van der Waals surface area contributed by atoms with Crippen LogP contribution in [0.1, 0.15) is 86.6 Å². The molecule has 4 aromatic rings. The topological polar surface area (TPSA) is 136 Å². The number of nitrogens with one attached hydrogen (secondary N) is 3. The minimum Gasteiger partial charge on any atom is -0.506 e. The van der Waals surface area contributed by atoms with Gasteiger partial charge in [-0.1, -0.05) is 80.6 Å². The van der Waals surface area contributed by atoms with E-state index in [0.717, 1.165) is 87.9 Å². The molecule has 0 saturated carbocycles. The van der Waals surface area contributed by atoms with E-state index in [9.17, 15) is 19.8 Å². The van der Waals surface area contributed by atoms with Crippen molar-refractivity contribution in [3.05, 3.63) is 106 Å². The number of aromatic amines is 1. The second-order valence-corrected chi connectivity index (χ2v) is 13.3. The quantitative estimate of drug-likeness (QED) is 0.0743. The van der Waals surface area contributed by atoms with Crippen LogP contribution in [0.4, 0.5) is 4.79 Å². The molecular formula is C40H52N4O6. The van der Waals surface area contributed by atoms with Gasteiger partial charge in [0.2, 0.25) is 5.56 Å². The first-order valence-electron chi connectivity index (χ1n) is 18.0. The number of H-pyrrole nitrogens is 1. The van der Waals surface area contributed by atoms with Gasteiger partial charge >= 0.3 is 6.09 Å². The largest absolute Gasteiger partial charge is 0.506 e. The van der Waals surface area contributed by atoms with Crippen LogP contribution < -0.4 is 20.9 Å². The molecule has 1 aliphatic rings. The normalized spacial score (nSPS) is 15.1. The predicted octanol–water partition coefficient (Wildman–Crippen LogP) is 6.58. The fourth-order valence-corrected chi connectivity index (χ4v) is 6.52. The molecule has 5 N–H and O–H groups in total. The highest BCUT2D eigenvalue weighted by Crippen LogP contribution is 2.29. The molecule has 10 nitrogen and oxygen atoms in total. The van der Waals surface area contributed by atoms with Gasteiger partial charge < -0.3 is 40.2 Å². The second kappa shape index (κ2) is 19.1. The SMILES string of the molecule is CN1CCC(OC(=O)NC(c2ccccc2)c2cccc(OCCCCCCCCCNC[C@@H](O)c3ccc(O)c4[nH]c(=O)ccc34)c2)CC1. The highest BCUT2D eigenvalue weighted by Gasteiger charge is 2.23. The van der Waals surface area contributed by atoms with Crippen LogP contribution in [0.25, 0.3) is 10.9 Å². The van der Waals surface area contributed by atoms with E-state index in [1.54, 1.807) is 12.1 Å². The third-order valence-electron chi connectivity index (χ3n) is 9.40. The van der Waals surface area contributed by atoms with Gasteiger partial charge in [-0.25, -0.2) is 4.79 Å². The lowest BCUT2D eigenvalue weighted by Crippen LogP contribution is -2.38. The summed E-state index contributed by atoms with van der Waals surface area (Å²) < 4.78 is 11.9. The van der Waals surface area contributed by atoms with Crippen LogP contribution in [0.5, 0.6) is 11.5 Å². The number of carbonyl (C=O) groups excluding carboxylic acids is 1. The Labute approximate surface area is 294 Å². The number of unbranched alkanes of at least 4 members (excludes halogenated alkanes) is 6. The molecule has 3 aromatic carbocycles. The minimum absolute atomic E-state index is 0.00993. The van der Waals surface area contributed by atoms with Crippen molar-refractivity contribution in [1.82, 2.24) is 20.5 Å². The van der Waals surface area contributed by atoms with Crippen LogP contribution >= 0.6 is 0 Å². The van der Waals surface area contributed by atoms with Gasteiger partial charge in [0.15, 0.2) is 0 Å². The zero-order valence-electron chi connectivity index (χ0n) is 29.1. The predicted molar refractivity (Wildman–Crippen MR) is 197 cm³/mol. The fraction of sp³-hybridized carbons (Fsp3) is 0.450. The van der Waals surface area contributed by atoms with Gasteiger partial charge in [-0.05, 0) is 80.2 Å². The zero-order valence-corrected chi connectivity index (χ0v) is 29.1. The van der Waals surface area contributed by atoms with Crippen LogP contribution in [-0.4, -0.2) is 72.1 Å². The highest BCUT2D eigenvalue weighted by atomic mass is 16.6. The number of amides is 1. The summed E-state index contributed by atoms with van der Waals surface area (Å²) in [6.07, 6.45) is 8.24. The van der Waals surface area contributed by atoms with Crippen LogP contribution in [0.2, 0.25) is 0 Å². The number of aromatic hydroxyl groups is 1. The number of fused-ring (bicyclic) bond motifs is 1. The maximum Gasteiger partial charge on any atom is 0.408 e. The molecule has 1 fully saturated rings. The molecule has 5 rings (SSSR count). The lowest BCUT2D eigenvalue weighted by molar-refractivity contribution is 0.0559. The standard InChI is InChI=1S/C40H52N4O6/c1-44-24-21-31(22-25-44)50-40(48)43-38(29-13-8-7-9-14-29)30-15-12-16-32(27-30)49-26-11-6-4-2-3-5-10-23-41-28-36(46)33-17-19-35(45)39-34(33)18-20-37(47)42-39/h7-9,12-20,27,31,36,38,41,45-46H,2-6,10-11,21-26,28H2,1H3,(H,42,47)(H,43,48)/t36-,38?/m1/s1. The molecule has 0 radical (unpaired) electrons. The Morgan fingerprint density at radius 3 is 2.40 bits per heavy atom. The molecule has 1 aromatic heterocycles. The number of aliphatic hydroxyl groups excluding tert-OH is 1. The number of carbonyl (C=O) groups is 1. The van der Waals surface area contributed by atoms with Crippen molar-refractivity contribution in [3.8, 4) is 11.5 Å². The number of hydrogen-bond donors (Lipinski definition) is 5. The van der Waals surface area contributed by atoms with Crippen molar-refractivity contribution in [2.75, 3.05) is 39.8 Å². The summed E-state index contributed by atoms with van der Waals surface area (Å²) in [5, 5.41) is 27.8. The Balaban J connectivity index is 0.959. The van der Waals surface area contributed by atoms with E-state index in [2.05, 4.69) is 27.6 Å². The van der Waals surface area contributed by atoms with Crippen LogP contribution in [-0.2, 0) is 4.74 Å². The number of hydrogen-bond acceptors (Lipinski definition) is 8. The van der Waals surface area contributed by atoms with Gasteiger partial charge in [0.1, 0.15) is 17.6 Å². The number of nitrogens with zero attached hydrogens (tertiary/aromatic N) is 1. The molecule has 1 unspecified atom stereocenters. The number of ether oxygens (including phenoxy) is 2. The van der Waals surface area contributed by atoms with E-state index in [1.165, 1.54) is 18.6 Å². The molecule has 0 spiro atoms. The number of phenols is 1. The number of alkyl carbamates (subject to hydrolysis) is 1. The molecule has 2 atom stereocenters. The first-order valence-corrected chi connectivity index (χ1v) is 18.0. The molecule has 50 heavy (non-hydrogen) atoms. The van der Waals surface area contributed by atoms with Crippen LogP contribution in [0.15, 0.2) is 83.7 Å². The molecule has 2 heterocycles. The number of piperidine rings is 1. The van der Waals surface area contributed by atoms with E-state index in [1.807, 2.05) is 54.6 Å². The summed E-state index contributed by atoms with van der Waals surface area (Å²) in [4.78, 5) is 29.5. The first kappa shape index (κ1) is 36.9. The number of aromatic nitrogens is 1. The molecule has 268 valence electrons. The summed E-state index contributed by atoms with van der Waals surface area (Å²) in [6, 6.07) is 23.8. The molecule has 10 heteroatoms. The van der Waals surface area contributed by atoms with Crippen molar-refractivity contribution in [2.45, 2.75) is 76.0 Å². The maximum atomic E-state index is 12.9. The zero-order chi connectivity index (χ0) is 35.1. The van der Waals surface area contributed by atoms with Gasteiger partial charge in [-0.15, -0.1) is 0 Å². The Morgan fingerprint density at radius 2 is 1.62 bits per heavy atom. The second-order valence-electron chi connectivity index (χ2n) is 13.3. The van der Waals surface area contributed by atoms with Crippen molar-refractivity contribution in [1.29, 1.82) is 0 Å². The Morgan fingerprint density at radius 1 is 0.900 bits per heavy atom. The molecule has 0 bridgehead atoms. The van der Waals surface area contributed by atoms with Gasteiger partial charge in [0.25, 0.3) is 0 Å². The summed E-state index contributed by atoms with van der Waals surface area (Å²) in [5.74, 6) is 0.782. The first-order chi connectivity index (χ1) is 24.4. The van der Waals surface area contributed by atoms with E-state index >= 15 is 0 Å². The number of phenolic OH excluding ortho intramolecular Hbond substituents is 1. The maximum absolute atomic E-state index is 12.9. The molecule has 1 amide bonds. The van der Waals surface area contributed by atoms with Gasteiger partial charge in [0.05, 0.1) is 24.3 Å². The highest BCUT2D eigenvalue weighted by molar-refractivity contribution is 5.87. The Kier molecular flexibility index (Phi) is 14.1. The Hall–Kier alpha value is -4.38. The number of benzene rings is 3. The minimum atomic E-state index is -0.742. The number of aliphatic hydroxyl groups is 1. The monoisotopic (exact) mass is 684 g/mol. The third-order valence-corrected chi connectivity index (χ3v) is 9.40. The summed E-state index contributed by atoms with van der Waals surface area (Å²) in [5.41, 5.74) is 2.66. The van der Waals surface area contributed by atoms with Crippen molar-refractivity contribution < 1.29 is 24.5 Å². The fourth-order valence-electron chi connectivity index (χ4n) is 6.52. The van der Waals surface area contributed by atoms with E-state index in [0.29, 0.717) is 29.6 Å². The summed E-state index contributed by atoms with van der Waals surface area (Å²) in [6.45, 7) is 3.72. The lowest BCUT2D eigenvalue weighted by Gasteiger charge is -2.29. The molecule has 1 saturated heterocycles. The smallest absolute Gasteiger partial charge is 0.408 e. The van der Waals surface area contributed by atoms with Gasteiger partial charge in [0, 0.05) is 31.1 Å². The Bertz CT molecular complexity index is 1690. The number of pyridine rings is 1. The number of rotatable bonds is 18. The van der Waals surface area contributed by atoms with Crippen molar-refractivity contribution in [2.24, 2.45) is 0 Å². The van der Waals surface area contributed by atoms with Gasteiger partial charge in [-0.2, -0.15) is 0 Å². The summed E-state index contributed by atoms with van der Waals surface area (Å²) >= 11 is 0. The molecule has 1 aliphatic heterocycles. The third kappa shape index (κ3) is 11.1. The van der Waals surface area contributed by atoms with E-state index < -0.39 is 12.2 Å². The van der Waals surface area contributed by atoms with E-state index in [-0.39, 0.29) is 23.5 Å². The average Bonchev–Trinajstić information content (AvgIpc) is 3.13. The van der Waals surface area contributed by atoms with Crippen LogP contribution in [0.3, 0.4) is 0 Å². The van der Waals surface area contributed by atoms with Crippen molar-refractivity contribution >= 4 is 17.0 Å². The van der Waals surface area contributed by atoms with Crippen molar-refractivity contribution in [3.63, 3.8) is 0 Å². The average molecular weight is 685 g/mol. The summed E-state index contributed by atoms with van der Waals surface area (Å²) in [7, 11) is 2.09. The molecular weight excluding hydrogens is 632 g/mol. The van der Waals surface area contributed by atoms with E-state index in [4.69, 9.17) is 9.47 Å². The van der Waals surface area contributed by atoms with Gasteiger partial charge in [-0.3, -0.25) is 4.79 Å². The molecule has 0 aliphatic carbocycles.